The first-order valence-electron chi connectivity index (χ1n) is 4.38. The standard InChI is InChI=1S/C10H16N2O2/c1-11(2)13-9-5-7-10(8-6-9)14-12(3)4/h5-8H,1-4H3. The molecule has 1 rings (SSSR count). The predicted molar refractivity (Wildman–Crippen MR) is 55.1 cm³/mol. The second-order valence-corrected chi connectivity index (χ2v) is 3.28. The van der Waals surface area contributed by atoms with Crippen molar-refractivity contribution in [3.8, 4) is 11.5 Å². The lowest BCUT2D eigenvalue weighted by molar-refractivity contribution is -0.00750. The summed E-state index contributed by atoms with van der Waals surface area (Å²) >= 11 is 0. The van der Waals surface area contributed by atoms with Gasteiger partial charge in [-0.25, -0.2) is 0 Å². The molecule has 14 heavy (non-hydrogen) atoms. The van der Waals surface area contributed by atoms with Gasteiger partial charge in [0.05, 0.1) is 0 Å². The van der Waals surface area contributed by atoms with E-state index >= 15 is 0 Å². The van der Waals surface area contributed by atoms with Gasteiger partial charge in [0.15, 0.2) is 0 Å². The molecule has 0 saturated carbocycles. The molecule has 0 N–H and O–H groups in total. The minimum atomic E-state index is 0.793. The zero-order chi connectivity index (χ0) is 10.6. The summed E-state index contributed by atoms with van der Waals surface area (Å²) in [4.78, 5) is 10.7. The van der Waals surface area contributed by atoms with Crippen LogP contribution in [0.2, 0.25) is 0 Å². The molecule has 78 valence electrons. The zero-order valence-corrected chi connectivity index (χ0v) is 9.02. The highest BCUT2D eigenvalue weighted by Crippen LogP contribution is 2.17. The monoisotopic (exact) mass is 196 g/mol. The maximum absolute atomic E-state index is 5.34. The van der Waals surface area contributed by atoms with E-state index in [1.54, 1.807) is 10.1 Å². The molecule has 0 unspecified atom stereocenters. The Bertz CT molecular complexity index is 241. The Kier molecular flexibility index (Phi) is 3.73. The van der Waals surface area contributed by atoms with Crippen LogP contribution in [-0.4, -0.2) is 38.3 Å². The Balaban J connectivity index is 2.59. The van der Waals surface area contributed by atoms with Gasteiger partial charge in [0, 0.05) is 28.2 Å². The number of benzene rings is 1. The van der Waals surface area contributed by atoms with Crippen LogP contribution in [0.15, 0.2) is 24.3 Å². The van der Waals surface area contributed by atoms with Gasteiger partial charge in [-0.15, -0.1) is 0 Å². The van der Waals surface area contributed by atoms with Crippen LogP contribution in [0.1, 0.15) is 0 Å². The first-order chi connectivity index (χ1) is 6.58. The van der Waals surface area contributed by atoms with Crippen molar-refractivity contribution < 1.29 is 9.68 Å². The summed E-state index contributed by atoms with van der Waals surface area (Å²) in [6, 6.07) is 7.44. The van der Waals surface area contributed by atoms with Crippen LogP contribution in [0.3, 0.4) is 0 Å². The minimum absolute atomic E-state index is 0.793. The fraction of sp³-hybridized carbons (Fsp3) is 0.400. The fourth-order valence-corrected chi connectivity index (χ4v) is 0.983. The third-order valence-electron chi connectivity index (χ3n) is 1.40. The van der Waals surface area contributed by atoms with Crippen LogP contribution < -0.4 is 9.68 Å². The molecule has 1 aromatic carbocycles. The van der Waals surface area contributed by atoms with E-state index in [0.717, 1.165) is 11.5 Å². The summed E-state index contributed by atoms with van der Waals surface area (Å²) in [5, 5.41) is 3.28. The Labute approximate surface area is 84.5 Å². The number of hydroxylamine groups is 4. The molecule has 0 saturated heterocycles. The molecule has 4 heteroatoms. The second-order valence-electron chi connectivity index (χ2n) is 3.28. The van der Waals surface area contributed by atoms with Gasteiger partial charge in [-0.05, 0) is 24.3 Å². The molecule has 0 spiro atoms. The van der Waals surface area contributed by atoms with Crippen molar-refractivity contribution >= 4 is 0 Å². The van der Waals surface area contributed by atoms with Gasteiger partial charge < -0.3 is 9.68 Å². The SMILES string of the molecule is CN(C)Oc1ccc(ON(C)C)cc1. The van der Waals surface area contributed by atoms with Gasteiger partial charge in [0.25, 0.3) is 0 Å². The number of nitrogens with zero attached hydrogens (tertiary/aromatic N) is 2. The van der Waals surface area contributed by atoms with Crippen LogP contribution in [0, 0.1) is 0 Å². The Morgan fingerprint density at radius 1 is 0.714 bits per heavy atom. The van der Waals surface area contributed by atoms with Crippen molar-refractivity contribution in [2.75, 3.05) is 28.2 Å². The number of rotatable bonds is 4. The lowest BCUT2D eigenvalue weighted by Gasteiger charge is -2.14. The summed E-state index contributed by atoms with van der Waals surface area (Å²) in [7, 11) is 7.35. The molecule has 0 fully saturated rings. The van der Waals surface area contributed by atoms with E-state index in [0.29, 0.717) is 0 Å². The molecular weight excluding hydrogens is 180 g/mol. The molecule has 0 heterocycles. The Morgan fingerprint density at radius 3 is 1.21 bits per heavy atom. The maximum atomic E-state index is 5.34. The van der Waals surface area contributed by atoms with E-state index in [1.165, 1.54) is 0 Å². The van der Waals surface area contributed by atoms with Gasteiger partial charge in [-0.2, -0.15) is 10.1 Å². The molecule has 0 amide bonds. The van der Waals surface area contributed by atoms with E-state index in [-0.39, 0.29) is 0 Å². The van der Waals surface area contributed by atoms with Gasteiger partial charge in [0.2, 0.25) is 0 Å². The summed E-state index contributed by atoms with van der Waals surface area (Å²) < 4.78 is 0. The van der Waals surface area contributed by atoms with Gasteiger partial charge in [-0.1, -0.05) is 0 Å². The van der Waals surface area contributed by atoms with Crippen LogP contribution in [0.5, 0.6) is 11.5 Å². The van der Waals surface area contributed by atoms with Gasteiger partial charge in [0.1, 0.15) is 11.5 Å². The first-order valence-corrected chi connectivity index (χ1v) is 4.38. The van der Waals surface area contributed by atoms with Crippen molar-refractivity contribution in [1.82, 2.24) is 10.1 Å². The first kappa shape index (κ1) is 10.8. The highest BCUT2D eigenvalue weighted by molar-refractivity contribution is 5.30. The van der Waals surface area contributed by atoms with E-state index in [1.807, 2.05) is 52.5 Å². The normalized spacial score (nSPS) is 10.7. The van der Waals surface area contributed by atoms with Gasteiger partial charge in [-0.3, -0.25) is 0 Å². The molecule has 0 aliphatic heterocycles. The number of hydrogen-bond donors (Lipinski definition) is 0. The fourth-order valence-electron chi connectivity index (χ4n) is 0.983. The Hall–Kier alpha value is -1.26. The topological polar surface area (TPSA) is 24.9 Å². The molecule has 1 aromatic rings. The van der Waals surface area contributed by atoms with Crippen molar-refractivity contribution in [3.63, 3.8) is 0 Å². The third kappa shape index (κ3) is 3.64. The highest BCUT2D eigenvalue weighted by atomic mass is 16.7. The smallest absolute Gasteiger partial charge is 0.147 e. The molecular formula is C10H16N2O2. The van der Waals surface area contributed by atoms with Crippen LogP contribution in [0.4, 0.5) is 0 Å². The van der Waals surface area contributed by atoms with E-state index < -0.39 is 0 Å². The summed E-state index contributed by atoms with van der Waals surface area (Å²) in [6.07, 6.45) is 0. The third-order valence-corrected chi connectivity index (χ3v) is 1.40. The summed E-state index contributed by atoms with van der Waals surface area (Å²) in [6.45, 7) is 0. The predicted octanol–water partition coefficient (Wildman–Crippen LogP) is 1.40. The van der Waals surface area contributed by atoms with Crippen molar-refractivity contribution in [2.45, 2.75) is 0 Å². The van der Waals surface area contributed by atoms with Crippen molar-refractivity contribution in [3.05, 3.63) is 24.3 Å². The molecule has 4 nitrogen and oxygen atoms in total. The van der Waals surface area contributed by atoms with Crippen LogP contribution in [-0.2, 0) is 0 Å². The average molecular weight is 196 g/mol. The molecule has 0 aromatic heterocycles. The average Bonchev–Trinajstić information content (AvgIpc) is 2.06. The minimum Gasteiger partial charge on any atom is -0.407 e. The zero-order valence-electron chi connectivity index (χ0n) is 9.02. The van der Waals surface area contributed by atoms with Gasteiger partial charge >= 0.3 is 0 Å². The molecule has 0 aliphatic carbocycles. The summed E-state index contributed by atoms with van der Waals surface area (Å²) in [5.74, 6) is 1.59. The van der Waals surface area contributed by atoms with E-state index in [9.17, 15) is 0 Å². The molecule has 0 bridgehead atoms. The molecule has 0 aliphatic rings. The number of hydrogen-bond acceptors (Lipinski definition) is 4. The Morgan fingerprint density at radius 2 is 1.00 bits per heavy atom. The maximum Gasteiger partial charge on any atom is 0.147 e. The largest absolute Gasteiger partial charge is 0.407 e. The summed E-state index contributed by atoms with van der Waals surface area (Å²) in [5.41, 5.74) is 0. The van der Waals surface area contributed by atoms with Crippen LogP contribution >= 0.6 is 0 Å². The lowest BCUT2D eigenvalue weighted by Crippen LogP contribution is -2.17. The van der Waals surface area contributed by atoms with E-state index in [2.05, 4.69) is 0 Å². The van der Waals surface area contributed by atoms with Crippen LogP contribution in [0.25, 0.3) is 0 Å². The molecule has 0 radical (unpaired) electrons. The molecule has 0 atom stereocenters. The second kappa shape index (κ2) is 4.83. The highest BCUT2D eigenvalue weighted by Gasteiger charge is 1.98. The van der Waals surface area contributed by atoms with Crippen molar-refractivity contribution in [1.29, 1.82) is 0 Å². The van der Waals surface area contributed by atoms with E-state index in [4.69, 9.17) is 9.68 Å². The van der Waals surface area contributed by atoms with Crippen molar-refractivity contribution in [2.24, 2.45) is 0 Å². The quantitative estimate of drug-likeness (QED) is 0.679. The lowest BCUT2D eigenvalue weighted by atomic mass is 10.3.